The number of ether oxygens (including phenoxy) is 2. The summed E-state index contributed by atoms with van der Waals surface area (Å²) in [4.78, 5) is 0. The SMILES string of the molecule is COc1ccc(CN/N=C/c2cc(Br)c(C)c(Br)c2)cc1OC. The van der Waals surface area contributed by atoms with Crippen molar-refractivity contribution in [3.05, 3.63) is 56.0 Å². The molecule has 0 atom stereocenters. The summed E-state index contributed by atoms with van der Waals surface area (Å²) >= 11 is 7.07. The predicted octanol–water partition coefficient (Wildman–Crippen LogP) is 4.66. The molecule has 0 bridgehead atoms. The lowest BCUT2D eigenvalue weighted by Gasteiger charge is -2.09. The first-order chi connectivity index (χ1) is 11.0. The minimum Gasteiger partial charge on any atom is -0.493 e. The Hall–Kier alpha value is -1.53. The molecule has 2 aromatic carbocycles. The summed E-state index contributed by atoms with van der Waals surface area (Å²) in [6, 6.07) is 9.85. The van der Waals surface area contributed by atoms with Crippen molar-refractivity contribution in [2.45, 2.75) is 13.5 Å². The van der Waals surface area contributed by atoms with Gasteiger partial charge in [-0.15, -0.1) is 0 Å². The molecule has 0 radical (unpaired) electrons. The molecule has 0 aliphatic carbocycles. The van der Waals surface area contributed by atoms with E-state index in [9.17, 15) is 0 Å². The van der Waals surface area contributed by atoms with Gasteiger partial charge in [-0.1, -0.05) is 37.9 Å². The van der Waals surface area contributed by atoms with Crippen molar-refractivity contribution in [2.24, 2.45) is 5.10 Å². The fraction of sp³-hybridized carbons (Fsp3) is 0.235. The highest BCUT2D eigenvalue weighted by atomic mass is 79.9. The Bertz CT molecular complexity index is 695. The second kappa shape index (κ2) is 8.36. The number of benzene rings is 2. The number of hydrogen-bond donors (Lipinski definition) is 1. The van der Waals surface area contributed by atoms with E-state index in [0.29, 0.717) is 18.0 Å². The topological polar surface area (TPSA) is 42.8 Å². The summed E-state index contributed by atoms with van der Waals surface area (Å²) in [6.07, 6.45) is 1.79. The minimum atomic E-state index is 0.602. The number of nitrogens with zero attached hydrogens (tertiary/aromatic N) is 1. The van der Waals surface area contributed by atoms with Gasteiger partial charge in [-0.2, -0.15) is 5.10 Å². The van der Waals surface area contributed by atoms with E-state index >= 15 is 0 Å². The molecule has 0 saturated carbocycles. The van der Waals surface area contributed by atoms with Crippen LogP contribution in [0.2, 0.25) is 0 Å². The van der Waals surface area contributed by atoms with Gasteiger partial charge in [-0.3, -0.25) is 0 Å². The van der Waals surface area contributed by atoms with Crippen LogP contribution in [0.15, 0.2) is 44.4 Å². The van der Waals surface area contributed by atoms with Gasteiger partial charge in [0.05, 0.1) is 27.0 Å². The molecule has 0 aliphatic heterocycles. The summed E-state index contributed by atoms with van der Waals surface area (Å²) in [5.74, 6) is 1.43. The van der Waals surface area contributed by atoms with Crippen LogP contribution in [0.3, 0.4) is 0 Å². The van der Waals surface area contributed by atoms with E-state index in [2.05, 4.69) is 42.4 Å². The monoisotopic (exact) mass is 440 g/mol. The molecule has 122 valence electrons. The van der Waals surface area contributed by atoms with Crippen LogP contribution in [-0.4, -0.2) is 20.4 Å². The first kappa shape index (κ1) is 17.8. The number of methoxy groups -OCH3 is 2. The molecule has 0 spiro atoms. The molecule has 2 rings (SSSR count). The van der Waals surface area contributed by atoms with Crippen molar-refractivity contribution in [1.29, 1.82) is 0 Å². The van der Waals surface area contributed by atoms with Gasteiger partial charge in [0.1, 0.15) is 0 Å². The van der Waals surface area contributed by atoms with Crippen LogP contribution in [0.4, 0.5) is 0 Å². The highest BCUT2D eigenvalue weighted by Crippen LogP contribution is 2.27. The zero-order chi connectivity index (χ0) is 16.8. The summed E-state index contributed by atoms with van der Waals surface area (Å²) in [5, 5.41) is 4.26. The molecule has 2 aromatic rings. The zero-order valence-corrected chi connectivity index (χ0v) is 16.4. The standard InChI is InChI=1S/C17H18Br2N2O2/c1-11-14(18)6-13(7-15(11)19)10-21-20-9-12-4-5-16(22-2)17(8-12)23-3/h4-8,10,20H,9H2,1-3H3/b21-10+. The lowest BCUT2D eigenvalue weighted by molar-refractivity contribution is 0.354. The first-order valence-corrected chi connectivity index (χ1v) is 8.56. The van der Waals surface area contributed by atoms with Crippen molar-refractivity contribution in [3.63, 3.8) is 0 Å². The van der Waals surface area contributed by atoms with Crippen molar-refractivity contribution < 1.29 is 9.47 Å². The Morgan fingerprint density at radius 1 is 1.04 bits per heavy atom. The van der Waals surface area contributed by atoms with Gasteiger partial charge in [0.2, 0.25) is 0 Å². The fourth-order valence-corrected chi connectivity index (χ4v) is 3.21. The largest absolute Gasteiger partial charge is 0.493 e. The van der Waals surface area contributed by atoms with Gasteiger partial charge < -0.3 is 14.9 Å². The molecule has 6 heteroatoms. The second-order valence-corrected chi connectivity index (χ2v) is 6.60. The third-order valence-corrected chi connectivity index (χ3v) is 4.99. The van der Waals surface area contributed by atoms with Gasteiger partial charge in [0, 0.05) is 8.95 Å². The van der Waals surface area contributed by atoms with E-state index < -0.39 is 0 Å². The molecule has 0 unspecified atom stereocenters. The number of hydrogen-bond acceptors (Lipinski definition) is 4. The van der Waals surface area contributed by atoms with E-state index in [1.165, 1.54) is 5.56 Å². The molecule has 23 heavy (non-hydrogen) atoms. The van der Waals surface area contributed by atoms with Crippen molar-refractivity contribution in [1.82, 2.24) is 5.43 Å². The Labute approximate surface area is 153 Å². The molecule has 4 nitrogen and oxygen atoms in total. The van der Waals surface area contributed by atoms with E-state index in [4.69, 9.17) is 9.47 Å². The lowest BCUT2D eigenvalue weighted by atomic mass is 10.2. The van der Waals surface area contributed by atoms with Crippen LogP contribution in [0, 0.1) is 6.92 Å². The maximum absolute atomic E-state index is 5.29. The predicted molar refractivity (Wildman–Crippen MR) is 101 cm³/mol. The molecule has 1 N–H and O–H groups in total. The summed E-state index contributed by atoms with van der Waals surface area (Å²) < 4.78 is 12.6. The fourth-order valence-electron chi connectivity index (χ4n) is 1.99. The van der Waals surface area contributed by atoms with Crippen LogP contribution in [0.25, 0.3) is 0 Å². The summed E-state index contributed by atoms with van der Waals surface area (Å²) in [6.45, 7) is 2.65. The van der Waals surface area contributed by atoms with Gasteiger partial charge in [0.25, 0.3) is 0 Å². The van der Waals surface area contributed by atoms with Crippen LogP contribution in [-0.2, 0) is 6.54 Å². The van der Waals surface area contributed by atoms with E-state index in [0.717, 1.165) is 20.1 Å². The van der Waals surface area contributed by atoms with Gasteiger partial charge in [0.15, 0.2) is 11.5 Å². The van der Waals surface area contributed by atoms with Gasteiger partial charge in [-0.25, -0.2) is 0 Å². The van der Waals surface area contributed by atoms with E-state index in [1.807, 2.05) is 37.3 Å². The average molecular weight is 442 g/mol. The maximum atomic E-state index is 5.29. The smallest absolute Gasteiger partial charge is 0.161 e. The van der Waals surface area contributed by atoms with Crippen LogP contribution in [0.5, 0.6) is 11.5 Å². The molecule has 0 aliphatic rings. The lowest BCUT2D eigenvalue weighted by Crippen LogP contribution is -2.06. The minimum absolute atomic E-state index is 0.602. The Balaban J connectivity index is 1.99. The number of rotatable bonds is 6. The summed E-state index contributed by atoms with van der Waals surface area (Å²) in [7, 11) is 3.25. The van der Waals surface area contributed by atoms with Crippen molar-refractivity contribution >= 4 is 38.1 Å². The molecule has 0 amide bonds. The highest BCUT2D eigenvalue weighted by Gasteiger charge is 2.04. The van der Waals surface area contributed by atoms with Gasteiger partial charge >= 0.3 is 0 Å². The molecule has 0 heterocycles. The second-order valence-electron chi connectivity index (χ2n) is 4.89. The van der Waals surface area contributed by atoms with Crippen molar-refractivity contribution in [3.8, 4) is 11.5 Å². The quantitative estimate of drug-likeness (QED) is 0.523. The van der Waals surface area contributed by atoms with Crippen molar-refractivity contribution in [2.75, 3.05) is 14.2 Å². The Morgan fingerprint density at radius 2 is 1.70 bits per heavy atom. The number of nitrogens with one attached hydrogen (secondary N) is 1. The average Bonchev–Trinajstić information content (AvgIpc) is 2.56. The molecule has 0 saturated heterocycles. The maximum Gasteiger partial charge on any atom is 0.161 e. The van der Waals surface area contributed by atoms with Crippen LogP contribution in [0.1, 0.15) is 16.7 Å². The van der Waals surface area contributed by atoms with Crippen LogP contribution >= 0.6 is 31.9 Å². The van der Waals surface area contributed by atoms with Crippen LogP contribution < -0.4 is 14.9 Å². The first-order valence-electron chi connectivity index (χ1n) is 6.97. The Morgan fingerprint density at radius 3 is 2.30 bits per heavy atom. The highest BCUT2D eigenvalue weighted by molar-refractivity contribution is 9.11. The van der Waals surface area contributed by atoms with E-state index in [1.54, 1.807) is 20.4 Å². The van der Waals surface area contributed by atoms with E-state index in [-0.39, 0.29) is 0 Å². The molecule has 0 aromatic heterocycles. The number of halogens is 2. The third-order valence-electron chi connectivity index (χ3n) is 3.34. The van der Waals surface area contributed by atoms with Gasteiger partial charge in [-0.05, 0) is 47.9 Å². The molecular weight excluding hydrogens is 424 g/mol. The zero-order valence-electron chi connectivity index (χ0n) is 13.2. The normalized spacial score (nSPS) is 10.8. The number of hydrazone groups is 1. The molecule has 0 fully saturated rings. The summed E-state index contributed by atoms with van der Waals surface area (Å²) in [5.41, 5.74) is 6.27. The Kier molecular flexibility index (Phi) is 6.47. The molecular formula is C17H18Br2N2O2. The third kappa shape index (κ3) is 4.72.